The van der Waals surface area contributed by atoms with Crippen LogP contribution in [0.15, 0.2) is 18.2 Å². The number of rotatable bonds is 4. The van der Waals surface area contributed by atoms with Gasteiger partial charge in [0.25, 0.3) is 0 Å². The first-order chi connectivity index (χ1) is 6.67. The summed E-state index contributed by atoms with van der Waals surface area (Å²) in [5.41, 5.74) is 6.45. The van der Waals surface area contributed by atoms with Crippen LogP contribution in [-0.4, -0.2) is 23.7 Å². The molecule has 14 heavy (non-hydrogen) atoms. The lowest BCUT2D eigenvalue weighted by molar-refractivity contribution is -0.108. The van der Waals surface area contributed by atoms with Gasteiger partial charge in [-0.3, -0.25) is 4.79 Å². The van der Waals surface area contributed by atoms with Crippen LogP contribution in [-0.2, 0) is 11.2 Å². The molecular formula is C10H11NO3. The molecule has 0 saturated carbocycles. The summed E-state index contributed by atoms with van der Waals surface area (Å²) in [6.45, 7) is 0. The molecule has 4 nitrogen and oxygen atoms in total. The van der Waals surface area contributed by atoms with Crippen molar-refractivity contribution in [2.24, 2.45) is 5.73 Å². The quantitative estimate of drug-likeness (QED) is 0.673. The molecule has 0 heterocycles. The summed E-state index contributed by atoms with van der Waals surface area (Å²) in [5.74, 6) is 0.0236. The molecule has 1 aromatic carbocycles. The number of benzene rings is 1. The molecule has 4 heteroatoms. The van der Waals surface area contributed by atoms with Gasteiger partial charge >= 0.3 is 0 Å². The molecule has 74 valence electrons. The third kappa shape index (κ3) is 2.40. The molecule has 3 N–H and O–H groups in total. The predicted molar refractivity (Wildman–Crippen MR) is 51.2 cm³/mol. The standard InChI is InChI=1S/C10H11NO3/c11-9(6-13)3-7-1-2-10(14)4-8(7)5-12/h1-2,4-6,9,14H,3,11H2/t9-/m0/s1. The SMILES string of the molecule is N[C@H](C=O)Cc1ccc(O)cc1C=O. The fourth-order valence-electron chi connectivity index (χ4n) is 1.18. The van der Waals surface area contributed by atoms with E-state index in [0.717, 1.165) is 0 Å². The minimum atomic E-state index is -0.613. The Hall–Kier alpha value is -1.68. The highest BCUT2D eigenvalue weighted by Crippen LogP contribution is 2.15. The van der Waals surface area contributed by atoms with E-state index in [4.69, 9.17) is 10.8 Å². The van der Waals surface area contributed by atoms with E-state index in [1.807, 2.05) is 0 Å². The van der Waals surface area contributed by atoms with Crippen LogP contribution in [0.3, 0.4) is 0 Å². The van der Waals surface area contributed by atoms with E-state index < -0.39 is 6.04 Å². The zero-order chi connectivity index (χ0) is 10.6. The third-order valence-electron chi connectivity index (χ3n) is 1.89. The molecule has 0 radical (unpaired) electrons. The number of hydrogen-bond acceptors (Lipinski definition) is 4. The van der Waals surface area contributed by atoms with E-state index in [-0.39, 0.29) is 5.75 Å². The van der Waals surface area contributed by atoms with Gasteiger partial charge in [0.15, 0.2) is 0 Å². The highest BCUT2D eigenvalue weighted by atomic mass is 16.3. The Balaban J connectivity index is 2.96. The van der Waals surface area contributed by atoms with E-state index in [2.05, 4.69) is 0 Å². The second kappa shape index (κ2) is 4.53. The van der Waals surface area contributed by atoms with Crippen molar-refractivity contribution in [3.63, 3.8) is 0 Å². The molecule has 0 aliphatic heterocycles. The Labute approximate surface area is 81.3 Å². The van der Waals surface area contributed by atoms with Gasteiger partial charge in [-0.1, -0.05) is 6.07 Å². The van der Waals surface area contributed by atoms with Crippen LogP contribution in [0.1, 0.15) is 15.9 Å². The average Bonchev–Trinajstić information content (AvgIpc) is 2.20. The zero-order valence-corrected chi connectivity index (χ0v) is 7.51. The Kier molecular flexibility index (Phi) is 3.36. The fraction of sp³-hybridized carbons (Fsp3) is 0.200. The molecule has 0 amide bonds. The number of hydrogen-bond donors (Lipinski definition) is 2. The van der Waals surface area contributed by atoms with Crippen LogP contribution < -0.4 is 5.73 Å². The van der Waals surface area contributed by atoms with Crippen molar-refractivity contribution >= 4 is 12.6 Å². The van der Waals surface area contributed by atoms with Gasteiger partial charge in [-0.25, -0.2) is 0 Å². The topological polar surface area (TPSA) is 80.4 Å². The maximum atomic E-state index is 10.6. The second-order valence-electron chi connectivity index (χ2n) is 3.01. The lowest BCUT2D eigenvalue weighted by Crippen LogP contribution is -2.24. The largest absolute Gasteiger partial charge is 0.508 e. The molecule has 0 spiro atoms. The Bertz CT molecular complexity index is 349. The first-order valence-electron chi connectivity index (χ1n) is 4.15. The second-order valence-corrected chi connectivity index (χ2v) is 3.01. The lowest BCUT2D eigenvalue weighted by atomic mass is 10.0. The summed E-state index contributed by atoms with van der Waals surface area (Å²) < 4.78 is 0. The fourth-order valence-corrected chi connectivity index (χ4v) is 1.18. The summed E-state index contributed by atoms with van der Waals surface area (Å²) in [5, 5.41) is 9.10. The first kappa shape index (κ1) is 10.4. The van der Waals surface area contributed by atoms with E-state index in [1.165, 1.54) is 12.1 Å². The number of phenols is 1. The number of aromatic hydroxyl groups is 1. The maximum absolute atomic E-state index is 10.6. The molecule has 1 atom stereocenters. The van der Waals surface area contributed by atoms with Crippen LogP contribution in [0.2, 0.25) is 0 Å². The molecular weight excluding hydrogens is 182 g/mol. The molecule has 0 saturated heterocycles. The summed E-state index contributed by atoms with van der Waals surface area (Å²) in [4.78, 5) is 20.9. The molecule has 0 aromatic heterocycles. The Morgan fingerprint density at radius 3 is 2.71 bits per heavy atom. The highest BCUT2D eigenvalue weighted by molar-refractivity contribution is 5.78. The molecule has 1 aromatic rings. The number of carbonyl (C=O) groups is 2. The zero-order valence-electron chi connectivity index (χ0n) is 7.51. The van der Waals surface area contributed by atoms with E-state index in [9.17, 15) is 9.59 Å². The van der Waals surface area contributed by atoms with E-state index in [1.54, 1.807) is 6.07 Å². The van der Waals surface area contributed by atoms with Crippen molar-refractivity contribution in [3.05, 3.63) is 29.3 Å². The van der Waals surface area contributed by atoms with Gasteiger partial charge in [-0.15, -0.1) is 0 Å². The number of aldehydes is 2. The normalized spacial score (nSPS) is 12.1. The van der Waals surface area contributed by atoms with Gasteiger partial charge < -0.3 is 15.6 Å². The van der Waals surface area contributed by atoms with Gasteiger partial charge in [0.05, 0.1) is 6.04 Å². The summed E-state index contributed by atoms with van der Waals surface area (Å²) >= 11 is 0. The van der Waals surface area contributed by atoms with Crippen molar-refractivity contribution in [3.8, 4) is 5.75 Å². The first-order valence-corrected chi connectivity index (χ1v) is 4.15. The third-order valence-corrected chi connectivity index (χ3v) is 1.89. The average molecular weight is 193 g/mol. The van der Waals surface area contributed by atoms with Crippen molar-refractivity contribution in [1.82, 2.24) is 0 Å². The lowest BCUT2D eigenvalue weighted by Gasteiger charge is -2.06. The van der Waals surface area contributed by atoms with Crippen LogP contribution in [0.4, 0.5) is 0 Å². The summed E-state index contributed by atoms with van der Waals surface area (Å²) in [7, 11) is 0. The smallest absolute Gasteiger partial charge is 0.150 e. The molecule has 0 aliphatic carbocycles. The Morgan fingerprint density at radius 1 is 1.43 bits per heavy atom. The minimum absolute atomic E-state index is 0.0236. The van der Waals surface area contributed by atoms with Crippen molar-refractivity contribution in [2.45, 2.75) is 12.5 Å². The summed E-state index contributed by atoms with van der Waals surface area (Å²) in [6.07, 6.45) is 1.56. The maximum Gasteiger partial charge on any atom is 0.150 e. The van der Waals surface area contributed by atoms with Crippen molar-refractivity contribution in [1.29, 1.82) is 0 Å². The molecule has 1 rings (SSSR count). The Morgan fingerprint density at radius 2 is 2.14 bits per heavy atom. The number of nitrogens with two attached hydrogens (primary N) is 1. The van der Waals surface area contributed by atoms with E-state index >= 15 is 0 Å². The number of phenolic OH excluding ortho intramolecular Hbond substituents is 1. The van der Waals surface area contributed by atoms with E-state index in [0.29, 0.717) is 30.1 Å². The highest BCUT2D eigenvalue weighted by Gasteiger charge is 2.07. The molecule has 0 aliphatic rings. The number of carbonyl (C=O) groups excluding carboxylic acids is 2. The van der Waals surface area contributed by atoms with Crippen LogP contribution in [0.5, 0.6) is 5.75 Å². The van der Waals surface area contributed by atoms with Crippen LogP contribution in [0, 0.1) is 0 Å². The molecule has 0 unspecified atom stereocenters. The monoisotopic (exact) mass is 193 g/mol. The minimum Gasteiger partial charge on any atom is -0.508 e. The van der Waals surface area contributed by atoms with Crippen molar-refractivity contribution in [2.75, 3.05) is 0 Å². The summed E-state index contributed by atoms with van der Waals surface area (Å²) in [6, 6.07) is 3.78. The van der Waals surface area contributed by atoms with Gasteiger partial charge in [0.1, 0.15) is 18.3 Å². The predicted octanol–water partition coefficient (Wildman–Crippen LogP) is 0.273. The van der Waals surface area contributed by atoms with Crippen LogP contribution in [0.25, 0.3) is 0 Å². The van der Waals surface area contributed by atoms with Gasteiger partial charge in [-0.2, -0.15) is 0 Å². The van der Waals surface area contributed by atoms with Gasteiger partial charge in [0, 0.05) is 5.56 Å². The molecule has 0 fully saturated rings. The van der Waals surface area contributed by atoms with Crippen LogP contribution >= 0.6 is 0 Å². The van der Waals surface area contributed by atoms with Crippen molar-refractivity contribution < 1.29 is 14.7 Å². The van der Waals surface area contributed by atoms with Gasteiger partial charge in [-0.05, 0) is 24.1 Å². The van der Waals surface area contributed by atoms with Gasteiger partial charge in [0.2, 0.25) is 0 Å². The molecule has 0 bridgehead atoms.